The largest absolute Gasteiger partial charge is 0.478 e. The number of carboxylic acids is 1. The molecule has 7 atom stereocenters. The molecule has 2 aliphatic rings. The van der Waals surface area contributed by atoms with E-state index in [2.05, 4.69) is 15.6 Å². The molecule has 196 valence electrons. The number of aliphatic hydroxyl groups excluding tert-OH is 2. The molecule has 2 rings (SSSR count). The second-order valence-electron chi connectivity index (χ2n) is 7.84. The summed E-state index contributed by atoms with van der Waals surface area (Å²) in [6.45, 7) is 4.04. The molecule has 2 unspecified atom stereocenters. The first kappa shape index (κ1) is 27.8. The Morgan fingerprint density at radius 3 is 2.49 bits per heavy atom. The molecule has 7 N–H and O–H groups in total. The summed E-state index contributed by atoms with van der Waals surface area (Å²) in [5.41, 5.74) is 5.77. The number of nitrogens with two attached hydrogens (primary N) is 1. The third-order valence-electron chi connectivity index (χ3n) is 4.94. The number of aliphatic carboxylic acids is 1. The van der Waals surface area contributed by atoms with Gasteiger partial charge in [-0.15, -0.1) is 0 Å². The Morgan fingerprint density at radius 1 is 1.26 bits per heavy atom. The van der Waals surface area contributed by atoms with Crippen molar-refractivity contribution in [3.63, 3.8) is 0 Å². The molecule has 0 radical (unpaired) electrons. The van der Waals surface area contributed by atoms with Crippen LogP contribution in [0.15, 0.2) is 16.8 Å². The van der Waals surface area contributed by atoms with Gasteiger partial charge in [0.15, 0.2) is 12.1 Å². The maximum Gasteiger partial charge on any atom is 0.417 e. The van der Waals surface area contributed by atoms with Gasteiger partial charge in [0.25, 0.3) is 0 Å². The summed E-state index contributed by atoms with van der Waals surface area (Å²) in [6.07, 6.45) is -5.76. The van der Waals surface area contributed by atoms with Crippen molar-refractivity contribution in [3.05, 3.63) is 11.8 Å². The maximum atomic E-state index is 12.1. The summed E-state index contributed by atoms with van der Waals surface area (Å²) >= 11 is 0. The summed E-state index contributed by atoms with van der Waals surface area (Å²) in [6, 6.07) is -2.30. The molecule has 35 heavy (non-hydrogen) atoms. The van der Waals surface area contributed by atoms with Gasteiger partial charge in [0.1, 0.15) is 18.3 Å². The minimum atomic E-state index is -1.47. The highest BCUT2D eigenvalue weighted by molar-refractivity contribution is 5.93. The summed E-state index contributed by atoms with van der Waals surface area (Å²) in [5.74, 6) is -3.67. The van der Waals surface area contributed by atoms with E-state index in [0.29, 0.717) is 6.42 Å². The van der Waals surface area contributed by atoms with Crippen molar-refractivity contribution in [1.29, 1.82) is 0 Å². The Morgan fingerprint density at radius 2 is 1.94 bits per heavy atom. The van der Waals surface area contributed by atoms with E-state index in [1.165, 1.54) is 13.8 Å². The first-order chi connectivity index (χ1) is 16.4. The molecule has 1 saturated heterocycles. The number of ether oxygens (including phenoxy) is 4. The normalized spacial score (nSPS) is 29.3. The van der Waals surface area contributed by atoms with Crippen LogP contribution in [-0.4, -0.2) is 94.6 Å². The van der Waals surface area contributed by atoms with Crippen LogP contribution in [-0.2, 0) is 33.3 Å². The first-order valence-electron chi connectivity index (χ1n) is 10.8. The van der Waals surface area contributed by atoms with Crippen LogP contribution in [0.2, 0.25) is 0 Å². The molecule has 1 fully saturated rings. The third kappa shape index (κ3) is 7.80. The number of nitrogens with zero attached hydrogens (tertiary/aromatic N) is 1. The smallest absolute Gasteiger partial charge is 0.417 e. The van der Waals surface area contributed by atoms with Crippen molar-refractivity contribution >= 4 is 29.9 Å². The molecular formula is C20H30N4O11. The van der Waals surface area contributed by atoms with E-state index in [9.17, 15) is 34.5 Å². The number of alkyl carbamates (subject to hydrolysis) is 1. The van der Waals surface area contributed by atoms with E-state index in [1.54, 1.807) is 6.92 Å². The van der Waals surface area contributed by atoms with Gasteiger partial charge in [0, 0.05) is 20.3 Å². The number of hydrogen-bond acceptors (Lipinski definition) is 11. The van der Waals surface area contributed by atoms with Crippen molar-refractivity contribution in [2.75, 3.05) is 6.61 Å². The van der Waals surface area contributed by atoms with Gasteiger partial charge in [-0.25, -0.2) is 14.6 Å². The minimum absolute atomic E-state index is 0.142. The van der Waals surface area contributed by atoms with Crippen molar-refractivity contribution in [1.82, 2.24) is 10.6 Å². The lowest BCUT2D eigenvalue weighted by atomic mass is 9.92. The van der Waals surface area contributed by atoms with Gasteiger partial charge in [0.2, 0.25) is 18.0 Å². The maximum absolute atomic E-state index is 12.1. The van der Waals surface area contributed by atoms with E-state index < -0.39 is 78.4 Å². The lowest BCUT2D eigenvalue weighted by Crippen LogP contribution is -2.59. The number of nitrogens with one attached hydrogen (secondary N) is 2. The fourth-order valence-electron chi connectivity index (χ4n) is 3.49. The van der Waals surface area contributed by atoms with Crippen LogP contribution in [0.5, 0.6) is 0 Å². The van der Waals surface area contributed by atoms with E-state index in [-0.39, 0.29) is 13.0 Å². The van der Waals surface area contributed by atoms with Gasteiger partial charge >= 0.3 is 18.0 Å². The summed E-state index contributed by atoms with van der Waals surface area (Å²) in [7, 11) is 0. The second kappa shape index (κ2) is 12.3. The number of guanidine groups is 1. The van der Waals surface area contributed by atoms with E-state index in [0.717, 1.165) is 6.08 Å². The number of aliphatic hydroxyl groups is 2. The van der Waals surface area contributed by atoms with E-state index in [4.69, 9.17) is 24.7 Å². The molecule has 15 nitrogen and oxygen atoms in total. The molecule has 2 amide bonds. The van der Waals surface area contributed by atoms with Crippen LogP contribution >= 0.6 is 0 Å². The van der Waals surface area contributed by atoms with Crippen LogP contribution in [0.1, 0.15) is 33.6 Å². The fourth-order valence-corrected chi connectivity index (χ4v) is 3.49. The van der Waals surface area contributed by atoms with Gasteiger partial charge in [-0.05, 0) is 12.5 Å². The van der Waals surface area contributed by atoms with Crippen molar-refractivity contribution in [2.45, 2.75) is 76.4 Å². The zero-order valence-corrected chi connectivity index (χ0v) is 19.4. The highest BCUT2D eigenvalue weighted by atomic mass is 16.7. The molecular weight excluding hydrogens is 472 g/mol. The molecule has 0 bridgehead atoms. The number of rotatable bonds is 8. The summed E-state index contributed by atoms with van der Waals surface area (Å²) < 4.78 is 20.6. The molecule has 15 heteroatoms. The number of carboxylic acid groups (broad SMARTS) is 1. The number of esters is 1. The second-order valence-corrected chi connectivity index (χ2v) is 7.84. The quantitative estimate of drug-likeness (QED) is 0.0923. The zero-order valence-electron chi connectivity index (χ0n) is 19.4. The number of amides is 2. The van der Waals surface area contributed by atoms with Crippen LogP contribution in [0, 0.1) is 0 Å². The highest BCUT2D eigenvalue weighted by Crippen LogP contribution is 2.29. The Labute approximate surface area is 200 Å². The molecule has 0 aromatic rings. The average molecular weight is 502 g/mol. The number of carbonyl (C=O) groups is 4. The summed E-state index contributed by atoms with van der Waals surface area (Å²) in [4.78, 5) is 51.0. The van der Waals surface area contributed by atoms with Gasteiger partial charge < -0.3 is 45.3 Å². The van der Waals surface area contributed by atoms with E-state index >= 15 is 0 Å². The van der Waals surface area contributed by atoms with Crippen LogP contribution in [0.3, 0.4) is 0 Å². The standard InChI is InChI=1S/C20H30N4O11/c1-4-5-13(27)33-9(3)34-20(31)24-19(21)23-10-6-12(18(29)30)35-16(14(10)22-8(2)25)17-15(28)11(26)7-32-17/h6,9-11,14-17,26,28H,4-5,7H2,1-3H3,(H,22,25)(H,29,30)(H3,21,23,24,31)/t9?,10-,11+,14+,15+,16+,17?/m0/s1. The fraction of sp³-hybridized carbons (Fsp3) is 0.650. The predicted molar refractivity (Wildman–Crippen MR) is 115 cm³/mol. The highest BCUT2D eigenvalue weighted by Gasteiger charge is 2.49. The minimum Gasteiger partial charge on any atom is -0.478 e. The number of carbonyl (C=O) groups excluding carboxylic acids is 3. The first-order valence-corrected chi connectivity index (χ1v) is 10.8. The molecule has 2 heterocycles. The third-order valence-corrected chi connectivity index (χ3v) is 4.94. The van der Waals surface area contributed by atoms with Crippen molar-refractivity contribution < 1.29 is 53.4 Å². The van der Waals surface area contributed by atoms with Gasteiger partial charge in [-0.1, -0.05) is 6.92 Å². The molecule has 0 saturated carbocycles. The van der Waals surface area contributed by atoms with Crippen LogP contribution < -0.4 is 16.4 Å². The molecule has 0 spiro atoms. The zero-order chi connectivity index (χ0) is 26.3. The van der Waals surface area contributed by atoms with Gasteiger partial charge in [-0.2, -0.15) is 0 Å². The van der Waals surface area contributed by atoms with Crippen molar-refractivity contribution in [2.24, 2.45) is 10.7 Å². The summed E-state index contributed by atoms with van der Waals surface area (Å²) in [5, 5.41) is 34.2. The van der Waals surface area contributed by atoms with E-state index in [1.807, 2.05) is 0 Å². The molecule has 2 aliphatic heterocycles. The Balaban J connectivity index is 2.22. The molecule has 0 aromatic carbocycles. The Hall–Kier alpha value is -3.43. The number of hydrogen-bond donors (Lipinski definition) is 6. The molecule has 0 aliphatic carbocycles. The van der Waals surface area contributed by atoms with Crippen LogP contribution in [0.4, 0.5) is 4.79 Å². The monoisotopic (exact) mass is 502 g/mol. The lowest BCUT2D eigenvalue weighted by Gasteiger charge is -2.38. The van der Waals surface area contributed by atoms with Crippen molar-refractivity contribution in [3.8, 4) is 0 Å². The molecule has 0 aromatic heterocycles. The van der Waals surface area contributed by atoms with Gasteiger partial charge in [0.05, 0.1) is 18.7 Å². The SMILES string of the molecule is CCCC(=O)OC(C)OC(=O)NC(N)=N[C@H]1C=C(C(=O)O)O[C@@H](C2OC[C@@H](O)[C@H]2O)[C@@H]1NC(C)=O. The van der Waals surface area contributed by atoms with Crippen LogP contribution in [0.25, 0.3) is 0 Å². The number of aliphatic imine (C=N–C) groups is 1. The average Bonchev–Trinajstić information content (AvgIpc) is 3.06. The Bertz CT molecular complexity index is 877. The Kier molecular flexibility index (Phi) is 9.79. The lowest BCUT2D eigenvalue weighted by molar-refractivity contribution is -0.164. The topological polar surface area (TPSA) is 228 Å². The predicted octanol–water partition coefficient (Wildman–Crippen LogP) is -1.92. The van der Waals surface area contributed by atoms with Gasteiger partial charge in [-0.3, -0.25) is 14.9 Å².